The average Bonchev–Trinajstić information content (AvgIpc) is 2.91. The van der Waals surface area contributed by atoms with Crippen LogP contribution in [0.3, 0.4) is 0 Å². The fraction of sp³-hybridized carbons (Fsp3) is 0.138. The standard InChI is InChI=1S/C29H27ClN2O4S/c1-37(34,35)32(28-10-6-5-9-27(28)23-7-3-2-4-8-23)21-22-11-13-24(14-12-22)29(33)31-19-20-36-26-17-15-25(30)16-18-26/h2-18H,19-21H2,1H3,(H,31,33). The third kappa shape index (κ3) is 7.12. The average molecular weight is 535 g/mol. The molecule has 4 rings (SSSR count). The molecule has 0 radical (unpaired) electrons. The molecule has 1 N–H and O–H groups in total. The topological polar surface area (TPSA) is 75.7 Å². The number of sulfonamides is 1. The molecule has 0 aliphatic carbocycles. The quantitative estimate of drug-likeness (QED) is 0.262. The summed E-state index contributed by atoms with van der Waals surface area (Å²) in [6.45, 7) is 0.788. The van der Waals surface area contributed by atoms with E-state index in [0.717, 1.165) is 16.7 Å². The van der Waals surface area contributed by atoms with Crippen LogP contribution in [0, 0.1) is 0 Å². The Morgan fingerprint density at radius 1 is 0.865 bits per heavy atom. The first kappa shape index (κ1) is 26.3. The van der Waals surface area contributed by atoms with E-state index in [1.54, 1.807) is 54.6 Å². The van der Waals surface area contributed by atoms with E-state index < -0.39 is 10.0 Å². The highest BCUT2D eigenvalue weighted by atomic mass is 35.5. The van der Waals surface area contributed by atoms with Crippen LogP contribution in [-0.2, 0) is 16.6 Å². The lowest BCUT2D eigenvalue weighted by molar-refractivity contribution is 0.0947. The van der Waals surface area contributed by atoms with E-state index >= 15 is 0 Å². The monoisotopic (exact) mass is 534 g/mol. The minimum absolute atomic E-state index is 0.138. The lowest BCUT2D eigenvalue weighted by Gasteiger charge is -2.25. The number of ether oxygens (including phenoxy) is 1. The molecule has 0 bridgehead atoms. The second-order valence-corrected chi connectivity index (χ2v) is 10.8. The zero-order valence-electron chi connectivity index (χ0n) is 20.3. The molecule has 4 aromatic carbocycles. The van der Waals surface area contributed by atoms with Gasteiger partial charge in [0.15, 0.2) is 0 Å². The van der Waals surface area contributed by atoms with Crippen LogP contribution >= 0.6 is 11.6 Å². The van der Waals surface area contributed by atoms with Gasteiger partial charge in [0.2, 0.25) is 10.0 Å². The lowest BCUT2D eigenvalue weighted by Crippen LogP contribution is -2.30. The van der Waals surface area contributed by atoms with E-state index in [0.29, 0.717) is 35.2 Å². The summed E-state index contributed by atoms with van der Waals surface area (Å²) in [5.41, 5.74) is 3.59. The molecule has 190 valence electrons. The molecule has 0 spiro atoms. The van der Waals surface area contributed by atoms with Crippen molar-refractivity contribution in [2.45, 2.75) is 6.54 Å². The number of benzene rings is 4. The Bertz CT molecular complexity index is 1440. The van der Waals surface area contributed by atoms with Crippen LogP contribution in [0.4, 0.5) is 5.69 Å². The van der Waals surface area contributed by atoms with Gasteiger partial charge in [-0.05, 0) is 53.6 Å². The van der Waals surface area contributed by atoms with E-state index in [4.69, 9.17) is 16.3 Å². The third-order valence-electron chi connectivity index (χ3n) is 5.67. The molecule has 4 aromatic rings. The van der Waals surface area contributed by atoms with Gasteiger partial charge < -0.3 is 10.1 Å². The highest BCUT2D eigenvalue weighted by molar-refractivity contribution is 7.92. The molecule has 0 fully saturated rings. The van der Waals surface area contributed by atoms with Gasteiger partial charge in [-0.15, -0.1) is 0 Å². The van der Waals surface area contributed by atoms with Crippen LogP contribution in [-0.4, -0.2) is 33.7 Å². The Morgan fingerprint density at radius 3 is 2.19 bits per heavy atom. The lowest BCUT2D eigenvalue weighted by atomic mass is 10.0. The molecule has 1 amide bonds. The van der Waals surface area contributed by atoms with E-state index in [2.05, 4.69) is 5.32 Å². The fourth-order valence-corrected chi connectivity index (χ4v) is 4.85. The maximum Gasteiger partial charge on any atom is 0.251 e. The Morgan fingerprint density at radius 2 is 1.51 bits per heavy atom. The summed E-state index contributed by atoms with van der Waals surface area (Å²) in [5.74, 6) is 0.438. The van der Waals surface area contributed by atoms with Gasteiger partial charge >= 0.3 is 0 Å². The molecule has 0 saturated carbocycles. The van der Waals surface area contributed by atoms with Crippen LogP contribution < -0.4 is 14.4 Å². The maximum atomic E-state index is 12.8. The van der Waals surface area contributed by atoms with Gasteiger partial charge in [-0.1, -0.05) is 72.3 Å². The SMILES string of the molecule is CS(=O)(=O)N(Cc1ccc(C(=O)NCCOc2ccc(Cl)cc2)cc1)c1ccccc1-c1ccccc1. The number of amides is 1. The Balaban J connectivity index is 1.42. The first-order valence-corrected chi connectivity index (χ1v) is 13.9. The van der Waals surface area contributed by atoms with E-state index in [-0.39, 0.29) is 12.5 Å². The highest BCUT2D eigenvalue weighted by Gasteiger charge is 2.21. The Hall–Kier alpha value is -3.81. The molecule has 0 aliphatic heterocycles. The number of hydrogen-bond acceptors (Lipinski definition) is 4. The maximum absolute atomic E-state index is 12.8. The van der Waals surface area contributed by atoms with Crippen molar-refractivity contribution < 1.29 is 17.9 Å². The van der Waals surface area contributed by atoms with Crippen LogP contribution in [0.5, 0.6) is 5.75 Å². The Labute approximate surface area is 222 Å². The van der Waals surface area contributed by atoms with E-state index in [1.165, 1.54) is 10.6 Å². The highest BCUT2D eigenvalue weighted by Crippen LogP contribution is 2.33. The third-order valence-corrected chi connectivity index (χ3v) is 7.05. The van der Waals surface area contributed by atoms with Gasteiger partial charge in [0.1, 0.15) is 12.4 Å². The number of carbonyl (C=O) groups is 1. The van der Waals surface area contributed by atoms with Gasteiger partial charge in [-0.25, -0.2) is 8.42 Å². The number of rotatable bonds is 10. The molecule has 0 saturated heterocycles. The van der Waals surface area contributed by atoms with Crippen molar-refractivity contribution in [1.82, 2.24) is 5.32 Å². The van der Waals surface area contributed by atoms with Crippen molar-refractivity contribution in [2.24, 2.45) is 0 Å². The van der Waals surface area contributed by atoms with E-state index in [1.807, 2.05) is 48.5 Å². The molecule has 6 nitrogen and oxygen atoms in total. The van der Waals surface area contributed by atoms with Crippen molar-refractivity contribution in [2.75, 3.05) is 23.7 Å². The number of para-hydroxylation sites is 1. The van der Waals surface area contributed by atoms with Crippen LogP contribution in [0.2, 0.25) is 5.02 Å². The molecule has 0 heterocycles. The number of anilines is 1. The zero-order valence-corrected chi connectivity index (χ0v) is 21.9. The van der Waals surface area contributed by atoms with Gasteiger partial charge in [0, 0.05) is 16.1 Å². The zero-order chi connectivity index (χ0) is 26.3. The molecule has 37 heavy (non-hydrogen) atoms. The molecular formula is C29H27ClN2O4S. The summed E-state index contributed by atoms with van der Waals surface area (Å²) in [6.07, 6.45) is 1.20. The second-order valence-electron chi connectivity index (χ2n) is 8.41. The number of hydrogen-bond donors (Lipinski definition) is 1. The fourth-order valence-electron chi connectivity index (χ4n) is 3.83. The predicted molar refractivity (Wildman–Crippen MR) is 149 cm³/mol. The van der Waals surface area contributed by atoms with Crippen molar-refractivity contribution in [3.05, 3.63) is 119 Å². The summed E-state index contributed by atoms with van der Waals surface area (Å²) < 4.78 is 32.6. The van der Waals surface area contributed by atoms with Crippen molar-refractivity contribution >= 4 is 33.2 Å². The van der Waals surface area contributed by atoms with Crippen molar-refractivity contribution in [3.8, 4) is 16.9 Å². The van der Waals surface area contributed by atoms with Crippen LogP contribution in [0.1, 0.15) is 15.9 Å². The molecule has 0 aliphatic rings. The number of nitrogens with zero attached hydrogens (tertiary/aromatic N) is 1. The summed E-state index contributed by atoms with van der Waals surface area (Å²) >= 11 is 5.86. The number of halogens is 1. The number of nitrogens with one attached hydrogen (secondary N) is 1. The second kappa shape index (κ2) is 12.0. The summed E-state index contributed by atoms with van der Waals surface area (Å²) in [6, 6.07) is 31.0. The predicted octanol–water partition coefficient (Wildman–Crippen LogP) is 5.78. The van der Waals surface area contributed by atoms with Crippen LogP contribution in [0.25, 0.3) is 11.1 Å². The minimum atomic E-state index is -3.58. The molecule has 0 unspecified atom stereocenters. The van der Waals surface area contributed by atoms with Gasteiger partial charge in [0.25, 0.3) is 5.91 Å². The molecule has 0 atom stereocenters. The minimum Gasteiger partial charge on any atom is -0.492 e. The molecular weight excluding hydrogens is 508 g/mol. The van der Waals surface area contributed by atoms with Gasteiger partial charge in [-0.2, -0.15) is 0 Å². The summed E-state index contributed by atoms with van der Waals surface area (Å²) in [5, 5.41) is 3.45. The molecule has 8 heteroatoms. The normalized spacial score (nSPS) is 11.1. The van der Waals surface area contributed by atoms with Crippen LogP contribution in [0.15, 0.2) is 103 Å². The summed E-state index contributed by atoms with van der Waals surface area (Å²) in [4.78, 5) is 12.5. The van der Waals surface area contributed by atoms with Crippen molar-refractivity contribution in [1.29, 1.82) is 0 Å². The van der Waals surface area contributed by atoms with Crippen molar-refractivity contribution in [3.63, 3.8) is 0 Å². The summed E-state index contributed by atoms with van der Waals surface area (Å²) in [7, 11) is -3.58. The number of carbonyl (C=O) groups excluding carboxylic acids is 1. The first-order valence-electron chi connectivity index (χ1n) is 11.7. The Kier molecular flexibility index (Phi) is 8.48. The first-order chi connectivity index (χ1) is 17.8. The largest absolute Gasteiger partial charge is 0.492 e. The smallest absolute Gasteiger partial charge is 0.251 e. The van der Waals surface area contributed by atoms with E-state index in [9.17, 15) is 13.2 Å². The van der Waals surface area contributed by atoms with Gasteiger partial charge in [0.05, 0.1) is 25.0 Å². The molecule has 0 aromatic heterocycles. The van der Waals surface area contributed by atoms with Gasteiger partial charge in [-0.3, -0.25) is 9.10 Å².